The number of nitrogens with zero attached hydrogens (tertiary/aromatic N) is 1. The third-order valence-corrected chi connectivity index (χ3v) is 7.78. The lowest BCUT2D eigenvalue weighted by Gasteiger charge is -2.37. The van der Waals surface area contributed by atoms with Crippen molar-refractivity contribution in [3.63, 3.8) is 0 Å². The molecular formula is C31H58ClN. The summed E-state index contributed by atoms with van der Waals surface area (Å²) in [6.07, 6.45) is 26.1. The number of quaternary nitrogens is 1. The average molecular weight is 480 g/mol. The Morgan fingerprint density at radius 2 is 0.879 bits per heavy atom. The van der Waals surface area contributed by atoms with Crippen LogP contribution in [0.2, 0.25) is 0 Å². The van der Waals surface area contributed by atoms with E-state index in [9.17, 15) is 0 Å². The highest BCUT2D eigenvalue weighted by atomic mass is 35.5. The van der Waals surface area contributed by atoms with Crippen LogP contribution >= 0.6 is 0 Å². The van der Waals surface area contributed by atoms with Crippen LogP contribution in [0.3, 0.4) is 0 Å². The fourth-order valence-electron chi connectivity index (χ4n) is 5.41. The first-order chi connectivity index (χ1) is 15.7. The van der Waals surface area contributed by atoms with E-state index in [0.29, 0.717) is 0 Å². The Morgan fingerprint density at radius 1 is 0.515 bits per heavy atom. The molecule has 0 radical (unpaired) electrons. The summed E-state index contributed by atoms with van der Waals surface area (Å²) in [4.78, 5) is 0. The second-order valence-corrected chi connectivity index (χ2v) is 10.3. The maximum atomic E-state index is 2.37. The molecule has 33 heavy (non-hydrogen) atoms. The Morgan fingerprint density at radius 3 is 1.24 bits per heavy atom. The molecule has 0 aromatic heterocycles. The number of aryl methyl sites for hydroxylation is 1. The standard InChI is InChI=1S/C31H58N.ClH/c1-5-8-9-10-11-12-13-14-15-16-17-18-19-20-21-22-23-26-29-32(6-2,7-3)31-28-25-24-27-30(31)4;/h24-25,27-28H,5-23,26,29H2,1-4H3;1H/q+1;/p-1. The number of halogens is 1. The average Bonchev–Trinajstić information content (AvgIpc) is 2.82. The van der Waals surface area contributed by atoms with Gasteiger partial charge in [-0.05, 0) is 39.7 Å². The van der Waals surface area contributed by atoms with Crippen LogP contribution in [0, 0.1) is 6.92 Å². The number of rotatable bonds is 22. The minimum atomic E-state index is 0. The van der Waals surface area contributed by atoms with Gasteiger partial charge in [0.05, 0.1) is 19.6 Å². The summed E-state index contributed by atoms with van der Waals surface area (Å²) >= 11 is 0. The van der Waals surface area contributed by atoms with E-state index in [1.165, 1.54) is 141 Å². The molecule has 1 aromatic rings. The van der Waals surface area contributed by atoms with Gasteiger partial charge in [-0.2, -0.15) is 0 Å². The first-order valence-electron chi connectivity index (χ1n) is 14.6. The quantitative estimate of drug-likeness (QED) is 0.120. The molecular weight excluding hydrogens is 422 g/mol. The van der Waals surface area contributed by atoms with Crippen LogP contribution in [0.15, 0.2) is 24.3 Å². The van der Waals surface area contributed by atoms with E-state index in [1.807, 2.05) is 0 Å². The van der Waals surface area contributed by atoms with Crippen molar-refractivity contribution < 1.29 is 12.4 Å². The molecule has 1 rings (SSSR count). The molecule has 0 aliphatic heterocycles. The van der Waals surface area contributed by atoms with Gasteiger partial charge >= 0.3 is 0 Å². The zero-order valence-electron chi connectivity index (χ0n) is 23.0. The van der Waals surface area contributed by atoms with Crippen molar-refractivity contribution in [2.45, 2.75) is 143 Å². The van der Waals surface area contributed by atoms with Crippen molar-refractivity contribution in [3.8, 4) is 0 Å². The lowest BCUT2D eigenvalue weighted by molar-refractivity contribution is -0.00000710. The Kier molecular flexibility index (Phi) is 21.6. The molecule has 0 fully saturated rings. The highest BCUT2D eigenvalue weighted by molar-refractivity contribution is 5.49. The predicted molar refractivity (Wildman–Crippen MR) is 148 cm³/mol. The van der Waals surface area contributed by atoms with E-state index < -0.39 is 0 Å². The van der Waals surface area contributed by atoms with Crippen molar-refractivity contribution in [2.75, 3.05) is 19.6 Å². The van der Waals surface area contributed by atoms with E-state index in [4.69, 9.17) is 0 Å². The van der Waals surface area contributed by atoms with Crippen molar-refractivity contribution in [2.24, 2.45) is 0 Å². The molecule has 0 aliphatic carbocycles. The summed E-state index contributed by atoms with van der Waals surface area (Å²) < 4.78 is 1.16. The van der Waals surface area contributed by atoms with Crippen molar-refractivity contribution >= 4 is 5.69 Å². The minimum absolute atomic E-state index is 0. The van der Waals surface area contributed by atoms with Crippen LogP contribution in [0.5, 0.6) is 0 Å². The lowest BCUT2D eigenvalue weighted by atomic mass is 10.0. The summed E-state index contributed by atoms with van der Waals surface area (Å²) in [7, 11) is 0. The number of benzene rings is 1. The fraction of sp³-hybridized carbons (Fsp3) is 0.806. The zero-order valence-corrected chi connectivity index (χ0v) is 23.7. The first kappa shape index (κ1) is 32.5. The Bertz CT molecular complexity index is 537. The monoisotopic (exact) mass is 479 g/mol. The molecule has 0 saturated carbocycles. The SMILES string of the molecule is CCCCCCCCCCCCCCCCCCCC[N+](CC)(CC)c1ccccc1C.[Cl-]. The third kappa shape index (κ3) is 14.5. The van der Waals surface area contributed by atoms with Crippen LogP contribution in [0.1, 0.15) is 142 Å². The van der Waals surface area contributed by atoms with Crippen molar-refractivity contribution in [1.29, 1.82) is 0 Å². The molecule has 0 amide bonds. The van der Waals surface area contributed by atoms with Crippen molar-refractivity contribution in [1.82, 2.24) is 4.48 Å². The van der Waals surface area contributed by atoms with E-state index in [2.05, 4.69) is 52.0 Å². The molecule has 0 spiro atoms. The second-order valence-electron chi connectivity index (χ2n) is 10.3. The molecule has 194 valence electrons. The highest BCUT2D eigenvalue weighted by Gasteiger charge is 2.27. The molecule has 0 N–H and O–H groups in total. The molecule has 0 atom stereocenters. The molecule has 0 saturated heterocycles. The molecule has 0 unspecified atom stereocenters. The zero-order chi connectivity index (χ0) is 23.3. The van der Waals surface area contributed by atoms with Crippen LogP contribution in [-0.4, -0.2) is 19.6 Å². The number of unbranched alkanes of at least 4 members (excludes halogenated alkanes) is 17. The molecule has 0 aliphatic rings. The van der Waals surface area contributed by atoms with E-state index >= 15 is 0 Å². The van der Waals surface area contributed by atoms with Gasteiger partial charge in [0.15, 0.2) is 0 Å². The summed E-state index contributed by atoms with van der Waals surface area (Å²) in [6, 6.07) is 9.03. The van der Waals surface area contributed by atoms with E-state index in [0.717, 1.165) is 4.48 Å². The van der Waals surface area contributed by atoms with Gasteiger partial charge in [0, 0.05) is 5.56 Å². The second kappa shape index (κ2) is 22.0. The van der Waals surface area contributed by atoms with Crippen LogP contribution in [0.25, 0.3) is 0 Å². The third-order valence-electron chi connectivity index (χ3n) is 7.78. The molecule has 2 heteroatoms. The smallest absolute Gasteiger partial charge is 0.135 e. The summed E-state index contributed by atoms with van der Waals surface area (Å²) in [5.41, 5.74) is 3.00. The lowest BCUT2D eigenvalue weighted by Crippen LogP contribution is -3.00. The van der Waals surface area contributed by atoms with Crippen LogP contribution in [0.4, 0.5) is 5.69 Å². The summed E-state index contributed by atoms with van der Waals surface area (Å²) in [5, 5.41) is 0. The van der Waals surface area contributed by atoms with Crippen LogP contribution < -0.4 is 16.9 Å². The number of hydrogen-bond acceptors (Lipinski definition) is 0. The maximum Gasteiger partial charge on any atom is 0.135 e. The Balaban J connectivity index is 0.0000102. The maximum absolute atomic E-state index is 2.37. The van der Waals surface area contributed by atoms with Gasteiger partial charge in [-0.15, -0.1) is 0 Å². The van der Waals surface area contributed by atoms with Gasteiger partial charge in [-0.25, -0.2) is 0 Å². The van der Waals surface area contributed by atoms with Gasteiger partial charge in [-0.3, -0.25) is 4.48 Å². The van der Waals surface area contributed by atoms with Gasteiger partial charge < -0.3 is 12.4 Å². The minimum Gasteiger partial charge on any atom is -1.00 e. The largest absolute Gasteiger partial charge is 1.00 e. The molecule has 0 heterocycles. The fourth-order valence-corrected chi connectivity index (χ4v) is 5.41. The number of hydrogen-bond donors (Lipinski definition) is 0. The van der Waals surface area contributed by atoms with Gasteiger partial charge in [-0.1, -0.05) is 128 Å². The normalized spacial score (nSPS) is 11.5. The topological polar surface area (TPSA) is 0 Å². The molecule has 0 bridgehead atoms. The van der Waals surface area contributed by atoms with Crippen molar-refractivity contribution in [3.05, 3.63) is 29.8 Å². The molecule has 1 nitrogen and oxygen atoms in total. The van der Waals surface area contributed by atoms with E-state index in [-0.39, 0.29) is 12.4 Å². The molecule has 1 aromatic carbocycles. The predicted octanol–water partition coefficient (Wildman–Crippen LogP) is 7.39. The highest BCUT2D eigenvalue weighted by Crippen LogP contribution is 2.28. The summed E-state index contributed by atoms with van der Waals surface area (Å²) in [5.74, 6) is 0. The van der Waals surface area contributed by atoms with Gasteiger partial charge in [0.2, 0.25) is 0 Å². The Hall–Kier alpha value is -0.530. The van der Waals surface area contributed by atoms with E-state index in [1.54, 1.807) is 5.69 Å². The Labute approximate surface area is 215 Å². The number of para-hydroxylation sites is 1. The summed E-state index contributed by atoms with van der Waals surface area (Å²) in [6.45, 7) is 13.0. The van der Waals surface area contributed by atoms with Crippen LogP contribution in [-0.2, 0) is 0 Å². The van der Waals surface area contributed by atoms with Gasteiger partial charge in [0.25, 0.3) is 0 Å². The first-order valence-corrected chi connectivity index (χ1v) is 14.6. The van der Waals surface area contributed by atoms with Gasteiger partial charge in [0.1, 0.15) is 5.69 Å².